The second-order valence-electron chi connectivity index (χ2n) is 5.90. The quantitative estimate of drug-likeness (QED) is 0.285. The van der Waals surface area contributed by atoms with Gasteiger partial charge in [0.25, 0.3) is 5.91 Å². The lowest BCUT2D eigenvalue weighted by atomic mass is 10.2. The van der Waals surface area contributed by atoms with Gasteiger partial charge in [0.05, 0.1) is 18.9 Å². The first-order valence-electron chi connectivity index (χ1n) is 8.60. The van der Waals surface area contributed by atoms with Gasteiger partial charge in [-0.1, -0.05) is 17.7 Å². The molecule has 0 aromatic heterocycles. The van der Waals surface area contributed by atoms with Crippen molar-refractivity contribution < 1.29 is 19.1 Å². The lowest BCUT2D eigenvalue weighted by molar-refractivity contribution is 0.0734. The number of amides is 1. The van der Waals surface area contributed by atoms with Crippen molar-refractivity contribution in [1.29, 1.82) is 0 Å². The van der Waals surface area contributed by atoms with Crippen LogP contribution >= 0.6 is 11.6 Å². The third-order valence-corrected chi connectivity index (χ3v) is 4.12. The predicted octanol–water partition coefficient (Wildman–Crippen LogP) is 4.33. The van der Waals surface area contributed by atoms with Crippen molar-refractivity contribution in [2.45, 2.75) is 0 Å². The average Bonchev–Trinajstić information content (AvgIpc) is 2.75. The lowest BCUT2D eigenvalue weighted by Crippen LogP contribution is -2.17. The number of hydrogen-bond donors (Lipinski definition) is 1. The Morgan fingerprint density at radius 3 is 2.28 bits per heavy atom. The van der Waals surface area contributed by atoms with Gasteiger partial charge >= 0.3 is 5.97 Å². The monoisotopic (exact) mass is 408 g/mol. The number of benzene rings is 3. The van der Waals surface area contributed by atoms with Crippen LogP contribution in [0, 0.1) is 0 Å². The molecule has 0 aliphatic heterocycles. The third kappa shape index (κ3) is 5.67. The number of nitrogens with one attached hydrogen (secondary N) is 1. The van der Waals surface area contributed by atoms with Crippen LogP contribution in [0.3, 0.4) is 0 Å². The molecule has 6 nitrogen and oxygen atoms in total. The van der Waals surface area contributed by atoms with Crippen molar-refractivity contribution in [3.63, 3.8) is 0 Å². The topological polar surface area (TPSA) is 77.0 Å². The van der Waals surface area contributed by atoms with Gasteiger partial charge in [-0.15, -0.1) is 0 Å². The molecule has 0 heterocycles. The number of nitrogens with zero attached hydrogens (tertiary/aromatic N) is 1. The van der Waals surface area contributed by atoms with Gasteiger partial charge in [-0.25, -0.2) is 10.2 Å². The van der Waals surface area contributed by atoms with E-state index in [0.29, 0.717) is 27.6 Å². The number of hydrazone groups is 1. The Balaban J connectivity index is 1.56. The van der Waals surface area contributed by atoms with Crippen molar-refractivity contribution in [1.82, 2.24) is 5.43 Å². The first-order chi connectivity index (χ1) is 14.0. The molecule has 0 unspecified atom stereocenters. The molecule has 1 N–H and O–H groups in total. The molecule has 146 valence electrons. The van der Waals surface area contributed by atoms with Gasteiger partial charge in [0, 0.05) is 10.6 Å². The minimum atomic E-state index is -0.470. The number of esters is 1. The predicted molar refractivity (Wildman–Crippen MR) is 111 cm³/mol. The highest BCUT2D eigenvalue weighted by Crippen LogP contribution is 2.16. The number of halogens is 1. The van der Waals surface area contributed by atoms with Crippen LogP contribution in [0.2, 0.25) is 5.02 Å². The Hall–Kier alpha value is -3.64. The fourth-order valence-electron chi connectivity index (χ4n) is 2.37. The second kappa shape index (κ2) is 9.52. The molecular formula is C22H17ClN2O4. The van der Waals surface area contributed by atoms with Gasteiger partial charge in [0.15, 0.2) is 0 Å². The van der Waals surface area contributed by atoms with Crippen LogP contribution in [0.1, 0.15) is 26.3 Å². The fraction of sp³-hybridized carbons (Fsp3) is 0.0455. The molecular weight excluding hydrogens is 392 g/mol. The maximum Gasteiger partial charge on any atom is 0.343 e. The summed E-state index contributed by atoms with van der Waals surface area (Å²) in [7, 11) is 1.56. The summed E-state index contributed by atoms with van der Waals surface area (Å²) in [5, 5.41) is 4.39. The summed E-state index contributed by atoms with van der Waals surface area (Å²) >= 11 is 5.86. The second-order valence-corrected chi connectivity index (χ2v) is 6.33. The standard InChI is InChI=1S/C22H17ClN2O4/c1-28-19-11-7-16(8-12-19)22(27)29-20-9-5-15(6-10-20)14-24-25-21(26)17-3-2-4-18(23)13-17/h2-14H,1H3,(H,25,26)/b24-14-. The molecule has 0 bridgehead atoms. The Labute approximate surface area is 172 Å². The molecule has 0 radical (unpaired) electrons. The molecule has 29 heavy (non-hydrogen) atoms. The maximum absolute atomic E-state index is 12.2. The van der Waals surface area contributed by atoms with Crippen molar-refractivity contribution in [3.05, 3.63) is 94.5 Å². The van der Waals surface area contributed by atoms with Gasteiger partial charge in [0.1, 0.15) is 11.5 Å². The van der Waals surface area contributed by atoms with E-state index in [2.05, 4.69) is 10.5 Å². The lowest BCUT2D eigenvalue weighted by Gasteiger charge is -2.05. The molecule has 0 spiro atoms. The molecule has 0 aliphatic carbocycles. The first-order valence-corrected chi connectivity index (χ1v) is 8.98. The number of carbonyl (C=O) groups excluding carboxylic acids is 2. The molecule has 0 aliphatic rings. The molecule has 0 fully saturated rings. The van der Waals surface area contributed by atoms with Crippen LogP contribution in [-0.2, 0) is 0 Å². The summed E-state index contributed by atoms with van der Waals surface area (Å²) < 4.78 is 10.4. The normalized spacial score (nSPS) is 10.6. The van der Waals surface area contributed by atoms with Crippen molar-refractivity contribution >= 4 is 29.7 Å². The maximum atomic E-state index is 12.2. The van der Waals surface area contributed by atoms with Crippen molar-refractivity contribution in [2.24, 2.45) is 5.10 Å². The van der Waals surface area contributed by atoms with E-state index < -0.39 is 5.97 Å². The third-order valence-electron chi connectivity index (χ3n) is 3.88. The van der Waals surface area contributed by atoms with Crippen LogP contribution in [0.4, 0.5) is 0 Å². The zero-order valence-corrected chi connectivity index (χ0v) is 16.2. The van der Waals surface area contributed by atoms with Gasteiger partial charge in [-0.3, -0.25) is 4.79 Å². The number of rotatable bonds is 6. The van der Waals surface area contributed by atoms with E-state index in [1.807, 2.05) is 0 Å². The van der Waals surface area contributed by atoms with E-state index in [1.54, 1.807) is 79.9 Å². The van der Waals surface area contributed by atoms with Gasteiger partial charge in [0.2, 0.25) is 0 Å². The number of hydrogen-bond acceptors (Lipinski definition) is 5. The minimum Gasteiger partial charge on any atom is -0.497 e. The highest BCUT2D eigenvalue weighted by Gasteiger charge is 2.08. The van der Waals surface area contributed by atoms with Crippen LogP contribution in [0.5, 0.6) is 11.5 Å². The zero-order valence-electron chi connectivity index (χ0n) is 15.5. The van der Waals surface area contributed by atoms with E-state index in [-0.39, 0.29) is 5.91 Å². The molecule has 0 saturated carbocycles. The summed E-state index contributed by atoms with van der Waals surface area (Å²) in [6.45, 7) is 0. The Morgan fingerprint density at radius 2 is 1.62 bits per heavy atom. The van der Waals surface area contributed by atoms with Gasteiger partial charge < -0.3 is 9.47 Å². The largest absolute Gasteiger partial charge is 0.497 e. The van der Waals surface area contributed by atoms with E-state index in [4.69, 9.17) is 21.1 Å². The van der Waals surface area contributed by atoms with Crippen LogP contribution < -0.4 is 14.9 Å². The highest BCUT2D eigenvalue weighted by molar-refractivity contribution is 6.30. The zero-order chi connectivity index (χ0) is 20.6. The molecule has 3 aromatic carbocycles. The average molecular weight is 409 g/mol. The Kier molecular flexibility index (Phi) is 6.60. The first kappa shape index (κ1) is 20.1. The van der Waals surface area contributed by atoms with Gasteiger partial charge in [-0.2, -0.15) is 5.10 Å². The molecule has 0 saturated heterocycles. The van der Waals surface area contributed by atoms with Crippen molar-refractivity contribution in [3.8, 4) is 11.5 Å². The SMILES string of the molecule is COc1ccc(C(=O)Oc2ccc(/C=N\NC(=O)c3cccc(Cl)c3)cc2)cc1. The molecule has 1 amide bonds. The van der Waals surface area contributed by atoms with Gasteiger partial charge in [-0.05, 0) is 72.3 Å². The van der Waals surface area contributed by atoms with E-state index in [0.717, 1.165) is 5.56 Å². The van der Waals surface area contributed by atoms with Crippen molar-refractivity contribution in [2.75, 3.05) is 7.11 Å². The Morgan fingerprint density at radius 1 is 0.931 bits per heavy atom. The highest BCUT2D eigenvalue weighted by atomic mass is 35.5. The number of ether oxygens (including phenoxy) is 2. The summed E-state index contributed by atoms with van der Waals surface area (Å²) in [5.41, 5.74) is 3.98. The van der Waals surface area contributed by atoms with Crippen LogP contribution in [0.15, 0.2) is 77.9 Å². The van der Waals surface area contributed by atoms with E-state index in [9.17, 15) is 9.59 Å². The molecule has 3 rings (SSSR count). The van der Waals surface area contributed by atoms with E-state index in [1.165, 1.54) is 6.21 Å². The molecule has 7 heteroatoms. The molecule has 0 atom stereocenters. The minimum absolute atomic E-state index is 0.367. The summed E-state index contributed by atoms with van der Waals surface area (Å²) in [5.74, 6) is 0.218. The summed E-state index contributed by atoms with van der Waals surface area (Å²) in [6, 6.07) is 19.9. The smallest absolute Gasteiger partial charge is 0.343 e. The van der Waals surface area contributed by atoms with Crippen LogP contribution in [-0.4, -0.2) is 25.2 Å². The summed E-state index contributed by atoms with van der Waals surface area (Å²) in [4.78, 5) is 24.1. The Bertz CT molecular complexity index is 1030. The van der Waals surface area contributed by atoms with E-state index >= 15 is 0 Å². The molecule has 3 aromatic rings. The summed E-state index contributed by atoms with van der Waals surface area (Å²) in [6.07, 6.45) is 1.48. The van der Waals surface area contributed by atoms with Crippen LogP contribution in [0.25, 0.3) is 0 Å². The fourth-order valence-corrected chi connectivity index (χ4v) is 2.56. The number of methoxy groups -OCH3 is 1. The number of carbonyl (C=O) groups is 2.